The van der Waals surface area contributed by atoms with Crippen molar-refractivity contribution in [1.29, 1.82) is 0 Å². The summed E-state index contributed by atoms with van der Waals surface area (Å²) in [6.45, 7) is 2.79. The van der Waals surface area contributed by atoms with Crippen molar-refractivity contribution in [2.75, 3.05) is 17.2 Å². The van der Waals surface area contributed by atoms with Crippen LogP contribution in [-0.4, -0.2) is 22.6 Å². The Balaban J connectivity index is 1.57. The average Bonchev–Trinajstić information content (AvgIpc) is 3.00. The molecule has 5 heteroatoms. The van der Waals surface area contributed by atoms with E-state index < -0.39 is 0 Å². The van der Waals surface area contributed by atoms with Crippen LogP contribution < -0.4 is 10.6 Å². The molecule has 1 heterocycles. The highest BCUT2D eigenvalue weighted by molar-refractivity contribution is 6.30. The Morgan fingerprint density at radius 2 is 2.00 bits per heavy atom. The van der Waals surface area contributed by atoms with Crippen molar-refractivity contribution in [1.82, 2.24) is 9.97 Å². The second-order valence-electron chi connectivity index (χ2n) is 6.15. The minimum absolute atomic E-state index is 0.559. The molecule has 0 aliphatic heterocycles. The molecule has 1 aromatic carbocycles. The van der Waals surface area contributed by atoms with E-state index in [0.29, 0.717) is 12.0 Å². The third-order valence-electron chi connectivity index (χ3n) is 4.15. The maximum atomic E-state index is 6.01. The zero-order chi connectivity index (χ0) is 16.1. The molecule has 23 heavy (non-hydrogen) atoms. The summed E-state index contributed by atoms with van der Waals surface area (Å²) < 4.78 is 0. The molecule has 1 aromatic heterocycles. The van der Waals surface area contributed by atoms with E-state index in [0.717, 1.165) is 29.5 Å². The van der Waals surface area contributed by atoms with Gasteiger partial charge in [0, 0.05) is 29.4 Å². The minimum Gasteiger partial charge on any atom is -0.367 e. The Bertz CT molecular complexity index is 653. The lowest BCUT2D eigenvalue weighted by atomic mass is 10.1. The molecule has 1 saturated carbocycles. The molecule has 0 saturated heterocycles. The Morgan fingerprint density at radius 3 is 2.78 bits per heavy atom. The summed E-state index contributed by atoms with van der Waals surface area (Å²) in [6.07, 6.45) is 5.99. The summed E-state index contributed by atoms with van der Waals surface area (Å²) in [7, 11) is 0. The molecule has 1 aliphatic rings. The summed E-state index contributed by atoms with van der Waals surface area (Å²) in [5.41, 5.74) is 2.19. The van der Waals surface area contributed by atoms with Gasteiger partial charge >= 0.3 is 0 Å². The quantitative estimate of drug-likeness (QED) is 0.821. The van der Waals surface area contributed by atoms with Gasteiger partial charge in [-0.2, -0.15) is 4.98 Å². The number of hydrogen-bond acceptors (Lipinski definition) is 4. The van der Waals surface area contributed by atoms with Crippen LogP contribution in [-0.2, 0) is 6.42 Å². The number of rotatable bonds is 6. The van der Waals surface area contributed by atoms with Gasteiger partial charge in [0.15, 0.2) is 0 Å². The summed E-state index contributed by atoms with van der Waals surface area (Å²) in [5, 5.41) is 7.62. The van der Waals surface area contributed by atoms with Gasteiger partial charge in [-0.05, 0) is 43.9 Å². The molecule has 4 nitrogen and oxygen atoms in total. The topological polar surface area (TPSA) is 49.8 Å². The van der Waals surface area contributed by atoms with Crippen LogP contribution in [0.2, 0.25) is 5.02 Å². The SMILES string of the molecule is Cc1cc(NC2CCCC2)nc(NCCc2cccc(Cl)c2)n1. The zero-order valence-electron chi connectivity index (χ0n) is 13.5. The van der Waals surface area contributed by atoms with Crippen molar-refractivity contribution in [3.63, 3.8) is 0 Å². The van der Waals surface area contributed by atoms with Gasteiger partial charge in [0.25, 0.3) is 0 Å². The van der Waals surface area contributed by atoms with Gasteiger partial charge in [0.05, 0.1) is 0 Å². The minimum atomic E-state index is 0.559. The van der Waals surface area contributed by atoms with Crippen molar-refractivity contribution in [2.24, 2.45) is 0 Å². The first-order valence-corrected chi connectivity index (χ1v) is 8.67. The highest BCUT2D eigenvalue weighted by Gasteiger charge is 2.15. The van der Waals surface area contributed by atoms with Crippen LogP contribution in [0.3, 0.4) is 0 Å². The maximum Gasteiger partial charge on any atom is 0.224 e. The van der Waals surface area contributed by atoms with Crippen LogP contribution in [0, 0.1) is 6.92 Å². The van der Waals surface area contributed by atoms with Crippen LogP contribution in [0.4, 0.5) is 11.8 Å². The second kappa shape index (κ2) is 7.64. The van der Waals surface area contributed by atoms with E-state index in [2.05, 4.69) is 26.7 Å². The van der Waals surface area contributed by atoms with Crippen LogP contribution in [0.1, 0.15) is 36.9 Å². The number of aromatic nitrogens is 2. The number of halogens is 1. The van der Waals surface area contributed by atoms with Crippen LogP contribution in [0.25, 0.3) is 0 Å². The fraction of sp³-hybridized carbons (Fsp3) is 0.444. The molecule has 0 bridgehead atoms. The summed E-state index contributed by atoms with van der Waals surface area (Å²) in [6, 6.07) is 10.5. The van der Waals surface area contributed by atoms with Crippen molar-refractivity contribution in [2.45, 2.75) is 45.1 Å². The summed E-state index contributed by atoms with van der Waals surface area (Å²) in [4.78, 5) is 9.06. The third-order valence-corrected chi connectivity index (χ3v) is 4.38. The lowest BCUT2D eigenvalue weighted by Crippen LogP contribution is -2.17. The standard InChI is InChI=1S/C18H23ClN4/c1-13-11-17(22-16-7-2-3-8-16)23-18(21-13)20-10-9-14-5-4-6-15(19)12-14/h4-6,11-12,16H,2-3,7-10H2,1H3,(H2,20,21,22,23). The molecule has 0 amide bonds. The monoisotopic (exact) mass is 330 g/mol. The predicted octanol–water partition coefficient (Wildman–Crippen LogP) is 4.45. The average molecular weight is 331 g/mol. The number of hydrogen-bond donors (Lipinski definition) is 2. The first-order chi connectivity index (χ1) is 11.2. The first kappa shape index (κ1) is 16.1. The molecule has 3 rings (SSSR count). The lowest BCUT2D eigenvalue weighted by molar-refractivity contribution is 0.749. The number of aryl methyl sites for hydroxylation is 1. The van der Waals surface area contributed by atoms with Crippen molar-refractivity contribution in [3.05, 3.63) is 46.6 Å². The fourth-order valence-electron chi connectivity index (χ4n) is 3.01. The molecule has 0 radical (unpaired) electrons. The van der Waals surface area contributed by atoms with Gasteiger partial charge in [0.2, 0.25) is 5.95 Å². The number of anilines is 2. The molecule has 1 fully saturated rings. The largest absolute Gasteiger partial charge is 0.367 e. The van der Waals surface area contributed by atoms with Crippen molar-refractivity contribution >= 4 is 23.4 Å². The van der Waals surface area contributed by atoms with E-state index in [9.17, 15) is 0 Å². The summed E-state index contributed by atoms with van der Waals surface area (Å²) in [5.74, 6) is 1.61. The second-order valence-corrected chi connectivity index (χ2v) is 6.59. The van der Waals surface area contributed by atoms with E-state index in [1.165, 1.54) is 31.2 Å². The molecule has 0 atom stereocenters. The van der Waals surface area contributed by atoms with Crippen molar-refractivity contribution in [3.8, 4) is 0 Å². The van der Waals surface area contributed by atoms with E-state index in [-0.39, 0.29) is 0 Å². The lowest BCUT2D eigenvalue weighted by Gasteiger charge is -2.14. The maximum absolute atomic E-state index is 6.01. The zero-order valence-corrected chi connectivity index (χ0v) is 14.2. The molecule has 122 valence electrons. The van der Waals surface area contributed by atoms with Gasteiger partial charge in [-0.1, -0.05) is 36.6 Å². The molecule has 0 spiro atoms. The molecule has 1 aliphatic carbocycles. The molecule has 2 aromatic rings. The predicted molar refractivity (Wildman–Crippen MR) is 96.3 cm³/mol. The number of benzene rings is 1. The van der Waals surface area contributed by atoms with Crippen molar-refractivity contribution < 1.29 is 0 Å². The molecular weight excluding hydrogens is 308 g/mol. The Hall–Kier alpha value is -1.81. The Kier molecular flexibility index (Phi) is 5.34. The van der Waals surface area contributed by atoms with E-state index in [4.69, 9.17) is 11.6 Å². The highest BCUT2D eigenvalue weighted by Crippen LogP contribution is 2.22. The van der Waals surface area contributed by atoms with Gasteiger partial charge in [-0.15, -0.1) is 0 Å². The van der Waals surface area contributed by atoms with Crippen LogP contribution in [0.5, 0.6) is 0 Å². The van der Waals surface area contributed by atoms with Gasteiger partial charge in [-0.25, -0.2) is 4.98 Å². The fourth-order valence-corrected chi connectivity index (χ4v) is 3.22. The number of nitrogens with one attached hydrogen (secondary N) is 2. The van der Waals surface area contributed by atoms with Crippen LogP contribution >= 0.6 is 11.6 Å². The molecule has 2 N–H and O–H groups in total. The van der Waals surface area contributed by atoms with E-state index in [1.54, 1.807) is 0 Å². The van der Waals surface area contributed by atoms with Crippen LogP contribution in [0.15, 0.2) is 30.3 Å². The highest BCUT2D eigenvalue weighted by atomic mass is 35.5. The molecule has 0 unspecified atom stereocenters. The number of nitrogens with zero attached hydrogens (tertiary/aromatic N) is 2. The molecular formula is C18H23ClN4. The first-order valence-electron chi connectivity index (χ1n) is 8.29. The normalized spacial score (nSPS) is 14.9. The van der Waals surface area contributed by atoms with Gasteiger partial charge < -0.3 is 10.6 Å². The van der Waals surface area contributed by atoms with Gasteiger partial charge in [-0.3, -0.25) is 0 Å². The Labute approximate surface area is 142 Å². The third kappa shape index (κ3) is 4.83. The smallest absolute Gasteiger partial charge is 0.224 e. The van der Waals surface area contributed by atoms with E-state index >= 15 is 0 Å². The van der Waals surface area contributed by atoms with Gasteiger partial charge in [0.1, 0.15) is 5.82 Å². The Morgan fingerprint density at radius 1 is 1.17 bits per heavy atom. The summed E-state index contributed by atoms with van der Waals surface area (Å²) >= 11 is 6.01. The van der Waals surface area contributed by atoms with E-state index in [1.807, 2.05) is 31.2 Å².